The van der Waals surface area contributed by atoms with Crippen LogP contribution < -0.4 is 10.6 Å². The fourth-order valence-corrected chi connectivity index (χ4v) is 3.68. The second-order valence-corrected chi connectivity index (χ2v) is 7.92. The number of nitrogens with one attached hydrogen (secondary N) is 2. The van der Waals surface area contributed by atoms with Gasteiger partial charge in [-0.15, -0.1) is 24.0 Å². The number of benzene rings is 2. The van der Waals surface area contributed by atoms with E-state index in [0.29, 0.717) is 19.3 Å². The van der Waals surface area contributed by atoms with Crippen molar-refractivity contribution in [3.63, 3.8) is 0 Å². The SMILES string of the molecule is CN=C(NCc1ccc(COC2CCOCC2)cc1)NC(C)c1cc2ccccc2o1.I. The van der Waals surface area contributed by atoms with E-state index in [1.807, 2.05) is 18.2 Å². The second-order valence-electron chi connectivity index (χ2n) is 7.92. The highest BCUT2D eigenvalue weighted by atomic mass is 127. The Bertz CT molecular complexity index is 964. The van der Waals surface area contributed by atoms with Gasteiger partial charge in [0.1, 0.15) is 11.3 Å². The van der Waals surface area contributed by atoms with Crippen molar-refractivity contribution in [3.05, 3.63) is 71.5 Å². The summed E-state index contributed by atoms with van der Waals surface area (Å²) in [4.78, 5) is 4.34. The van der Waals surface area contributed by atoms with Crippen molar-refractivity contribution in [1.82, 2.24) is 10.6 Å². The lowest BCUT2D eigenvalue weighted by molar-refractivity contribution is -0.0390. The number of hydrogen-bond acceptors (Lipinski definition) is 4. The van der Waals surface area contributed by atoms with Gasteiger partial charge >= 0.3 is 0 Å². The van der Waals surface area contributed by atoms with E-state index in [-0.39, 0.29) is 30.0 Å². The predicted octanol–water partition coefficient (Wildman–Crippen LogP) is 5.17. The van der Waals surface area contributed by atoms with Gasteiger partial charge in [-0.1, -0.05) is 42.5 Å². The van der Waals surface area contributed by atoms with Crippen LogP contribution in [0, 0.1) is 0 Å². The third kappa shape index (κ3) is 6.70. The summed E-state index contributed by atoms with van der Waals surface area (Å²) in [5.74, 6) is 1.62. The van der Waals surface area contributed by atoms with Crippen LogP contribution in [0.5, 0.6) is 0 Å². The average Bonchev–Trinajstić information content (AvgIpc) is 3.26. The smallest absolute Gasteiger partial charge is 0.191 e. The minimum absolute atomic E-state index is 0. The molecule has 6 nitrogen and oxygen atoms in total. The van der Waals surface area contributed by atoms with E-state index >= 15 is 0 Å². The molecule has 2 heterocycles. The highest BCUT2D eigenvalue weighted by Gasteiger charge is 2.14. The van der Waals surface area contributed by atoms with Crippen molar-refractivity contribution >= 4 is 40.9 Å². The quantitative estimate of drug-likeness (QED) is 0.242. The number of rotatable bonds is 7. The Morgan fingerprint density at radius 1 is 1.09 bits per heavy atom. The van der Waals surface area contributed by atoms with Crippen molar-refractivity contribution in [1.29, 1.82) is 0 Å². The number of hydrogen-bond donors (Lipinski definition) is 2. The first-order valence-corrected chi connectivity index (χ1v) is 10.9. The number of para-hydroxylation sites is 1. The van der Waals surface area contributed by atoms with Crippen LogP contribution in [0.1, 0.15) is 42.7 Å². The molecular weight excluding hydrogens is 517 g/mol. The van der Waals surface area contributed by atoms with E-state index < -0.39 is 0 Å². The maximum absolute atomic E-state index is 6.00. The van der Waals surface area contributed by atoms with Gasteiger partial charge in [-0.2, -0.15) is 0 Å². The molecule has 1 unspecified atom stereocenters. The largest absolute Gasteiger partial charge is 0.459 e. The summed E-state index contributed by atoms with van der Waals surface area (Å²) in [5.41, 5.74) is 3.28. The molecular formula is C25H32IN3O3. The van der Waals surface area contributed by atoms with E-state index in [1.165, 1.54) is 11.1 Å². The van der Waals surface area contributed by atoms with Gasteiger partial charge in [0.25, 0.3) is 0 Å². The predicted molar refractivity (Wildman–Crippen MR) is 138 cm³/mol. The Balaban J connectivity index is 0.00000289. The van der Waals surface area contributed by atoms with Crippen LogP contribution >= 0.6 is 24.0 Å². The zero-order valence-corrected chi connectivity index (χ0v) is 21.0. The fourth-order valence-electron chi connectivity index (χ4n) is 3.68. The monoisotopic (exact) mass is 549 g/mol. The van der Waals surface area contributed by atoms with Gasteiger partial charge in [-0.25, -0.2) is 0 Å². The van der Waals surface area contributed by atoms with Crippen molar-refractivity contribution in [2.75, 3.05) is 20.3 Å². The molecule has 0 spiro atoms. The third-order valence-corrected chi connectivity index (χ3v) is 5.59. The first-order valence-electron chi connectivity index (χ1n) is 10.9. The highest BCUT2D eigenvalue weighted by molar-refractivity contribution is 14.0. The molecule has 2 N–H and O–H groups in total. The minimum atomic E-state index is 0. The number of ether oxygens (including phenoxy) is 2. The van der Waals surface area contributed by atoms with Crippen LogP contribution in [0.4, 0.5) is 0 Å². The van der Waals surface area contributed by atoms with Crippen LogP contribution in [0.15, 0.2) is 64.0 Å². The number of fused-ring (bicyclic) bond motifs is 1. The van der Waals surface area contributed by atoms with Crippen LogP contribution in [-0.4, -0.2) is 32.3 Å². The molecule has 3 aromatic rings. The third-order valence-electron chi connectivity index (χ3n) is 5.59. The summed E-state index contributed by atoms with van der Waals surface area (Å²) in [6, 6.07) is 18.6. The van der Waals surface area contributed by atoms with Crippen molar-refractivity contribution in [2.24, 2.45) is 4.99 Å². The molecule has 1 aliphatic heterocycles. The Labute approximate surface area is 206 Å². The molecule has 1 aromatic heterocycles. The maximum atomic E-state index is 6.00. The molecule has 0 aliphatic carbocycles. The van der Waals surface area contributed by atoms with Gasteiger partial charge in [0.05, 0.1) is 18.8 Å². The average molecular weight is 549 g/mol. The normalized spacial score (nSPS) is 15.9. The van der Waals surface area contributed by atoms with Crippen molar-refractivity contribution < 1.29 is 13.9 Å². The lowest BCUT2D eigenvalue weighted by atomic mass is 10.1. The zero-order valence-electron chi connectivity index (χ0n) is 18.7. The number of nitrogens with zero attached hydrogens (tertiary/aromatic N) is 1. The van der Waals surface area contributed by atoms with E-state index in [2.05, 4.69) is 58.9 Å². The summed E-state index contributed by atoms with van der Waals surface area (Å²) in [6.07, 6.45) is 2.29. The van der Waals surface area contributed by atoms with Crippen LogP contribution in [0.3, 0.4) is 0 Å². The van der Waals surface area contributed by atoms with Crippen LogP contribution in [-0.2, 0) is 22.6 Å². The first-order chi connectivity index (χ1) is 15.2. The Morgan fingerprint density at radius 3 is 2.53 bits per heavy atom. The lowest BCUT2D eigenvalue weighted by Gasteiger charge is -2.22. The summed E-state index contributed by atoms with van der Waals surface area (Å²) in [5, 5.41) is 7.88. The molecule has 2 aromatic carbocycles. The van der Waals surface area contributed by atoms with Crippen molar-refractivity contribution in [3.8, 4) is 0 Å². The molecule has 0 bridgehead atoms. The van der Waals surface area contributed by atoms with Gasteiger partial charge in [0, 0.05) is 32.2 Å². The molecule has 4 rings (SSSR count). The van der Waals surface area contributed by atoms with E-state index in [1.54, 1.807) is 7.05 Å². The number of furan rings is 1. The molecule has 32 heavy (non-hydrogen) atoms. The fraction of sp³-hybridized carbons (Fsp3) is 0.400. The highest BCUT2D eigenvalue weighted by Crippen LogP contribution is 2.23. The number of guanidine groups is 1. The van der Waals surface area contributed by atoms with Gasteiger partial charge < -0.3 is 24.5 Å². The Kier molecular flexibility index (Phi) is 9.37. The summed E-state index contributed by atoms with van der Waals surface area (Å²) in [7, 11) is 1.78. The first kappa shape index (κ1) is 24.5. The Hall–Kier alpha value is -2.10. The molecule has 0 amide bonds. The number of halogens is 1. The van der Waals surface area contributed by atoms with Gasteiger partial charge in [-0.3, -0.25) is 4.99 Å². The van der Waals surface area contributed by atoms with E-state index in [9.17, 15) is 0 Å². The van der Waals surface area contributed by atoms with Gasteiger partial charge in [-0.05, 0) is 43.0 Å². The minimum Gasteiger partial charge on any atom is -0.459 e. The molecule has 172 valence electrons. The maximum Gasteiger partial charge on any atom is 0.191 e. The molecule has 0 saturated carbocycles. The van der Waals surface area contributed by atoms with Gasteiger partial charge in [0.15, 0.2) is 5.96 Å². The van der Waals surface area contributed by atoms with Crippen LogP contribution in [0.25, 0.3) is 11.0 Å². The van der Waals surface area contributed by atoms with E-state index in [4.69, 9.17) is 13.9 Å². The molecule has 7 heteroatoms. The standard InChI is InChI=1S/C25H31N3O3.HI/c1-18(24-15-21-5-3-4-6-23(21)31-24)28-25(26-2)27-16-19-7-9-20(10-8-19)17-30-22-11-13-29-14-12-22;/h3-10,15,18,22H,11-14,16-17H2,1-2H3,(H2,26,27,28);1H. The molecule has 1 aliphatic rings. The van der Waals surface area contributed by atoms with E-state index in [0.717, 1.165) is 48.7 Å². The molecule has 1 atom stereocenters. The zero-order chi connectivity index (χ0) is 21.5. The summed E-state index contributed by atoms with van der Waals surface area (Å²) < 4.78 is 17.3. The lowest BCUT2D eigenvalue weighted by Crippen LogP contribution is -2.38. The second kappa shape index (κ2) is 12.2. The summed E-state index contributed by atoms with van der Waals surface area (Å²) >= 11 is 0. The Morgan fingerprint density at radius 2 is 1.81 bits per heavy atom. The number of aliphatic imine (C=N–C) groups is 1. The summed E-state index contributed by atoms with van der Waals surface area (Å²) in [6.45, 7) is 5.02. The van der Waals surface area contributed by atoms with Crippen LogP contribution in [0.2, 0.25) is 0 Å². The van der Waals surface area contributed by atoms with Crippen molar-refractivity contribution in [2.45, 2.75) is 45.1 Å². The molecule has 1 saturated heterocycles. The van der Waals surface area contributed by atoms with Gasteiger partial charge in [0.2, 0.25) is 0 Å². The molecule has 0 radical (unpaired) electrons. The molecule has 1 fully saturated rings. The topological polar surface area (TPSA) is 68.0 Å².